The summed E-state index contributed by atoms with van der Waals surface area (Å²) < 4.78 is 43.4. The average molecular weight is 286 g/mol. The minimum atomic E-state index is -4.51. The number of alkyl halides is 3. The summed E-state index contributed by atoms with van der Waals surface area (Å²) in [5.74, 6) is 0. The minimum absolute atomic E-state index is 0.102. The van der Waals surface area contributed by atoms with Crippen molar-refractivity contribution >= 4 is 5.69 Å². The first-order chi connectivity index (χ1) is 9.25. The van der Waals surface area contributed by atoms with E-state index in [1.165, 1.54) is 12.1 Å². The number of ether oxygens (including phenoxy) is 1. The van der Waals surface area contributed by atoms with Crippen molar-refractivity contribution in [3.8, 4) is 6.07 Å². The van der Waals surface area contributed by atoms with Gasteiger partial charge in [-0.2, -0.15) is 18.4 Å². The van der Waals surface area contributed by atoms with Gasteiger partial charge in [-0.1, -0.05) is 0 Å². The number of likely N-dealkylation sites (N-methyl/N-ethyl adjacent to an activating group) is 1. The van der Waals surface area contributed by atoms with Crippen molar-refractivity contribution in [2.24, 2.45) is 0 Å². The molecule has 3 nitrogen and oxygen atoms in total. The third-order valence-corrected chi connectivity index (χ3v) is 2.75. The molecule has 0 saturated carbocycles. The maximum absolute atomic E-state index is 12.7. The van der Waals surface area contributed by atoms with Crippen LogP contribution in [0.5, 0.6) is 0 Å². The molecule has 0 N–H and O–H groups in total. The summed E-state index contributed by atoms with van der Waals surface area (Å²) in [5, 5.41) is 8.84. The molecular formula is C14H17F3N2O. The number of hydrogen-bond donors (Lipinski definition) is 0. The Hall–Kier alpha value is -1.74. The monoisotopic (exact) mass is 286 g/mol. The topological polar surface area (TPSA) is 36.3 Å². The van der Waals surface area contributed by atoms with Crippen molar-refractivity contribution in [3.63, 3.8) is 0 Å². The Labute approximate surface area is 116 Å². The van der Waals surface area contributed by atoms with Crippen molar-refractivity contribution < 1.29 is 17.9 Å². The third-order valence-electron chi connectivity index (χ3n) is 2.75. The van der Waals surface area contributed by atoms with E-state index in [2.05, 4.69) is 0 Å². The molecule has 0 aliphatic carbocycles. The van der Waals surface area contributed by atoms with Crippen LogP contribution in [-0.4, -0.2) is 26.3 Å². The smallest absolute Gasteiger partial charge is 0.377 e. The molecule has 1 aromatic carbocycles. The van der Waals surface area contributed by atoms with Crippen LogP contribution >= 0.6 is 0 Å². The molecule has 0 amide bonds. The van der Waals surface area contributed by atoms with Crippen LogP contribution in [0.4, 0.5) is 18.9 Å². The Morgan fingerprint density at radius 1 is 1.35 bits per heavy atom. The zero-order valence-electron chi connectivity index (χ0n) is 11.7. The first-order valence-corrected chi connectivity index (χ1v) is 6.19. The van der Waals surface area contributed by atoms with E-state index < -0.39 is 11.7 Å². The second-order valence-corrected chi connectivity index (χ2v) is 4.68. The summed E-state index contributed by atoms with van der Waals surface area (Å²) >= 11 is 0. The van der Waals surface area contributed by atoms with Gasteiger partial charge < -0.3 is 9.64 Å². The van der Waals surface area contributed by atoms with Crippen LogP contribution < -0.4 is 4.90 Å². The quantitative estimate of drug-likeness (QED) is 0.832. The highest BCUT2D eigenvalue weighted by molar-refractivity contribution is 5.54. The first kappa shape index (κ1) is 16.3. The summed E-state index contributed by atoms with van der Waals surface area (Å²) in [6.45, 7) is 4.82. The second-order valence-electron chi connectivity index (χ2n) is 4.68. The van der Waals surface area contributed by atoms with Gasteiger partial charge in [0.2, 0.25) is 0 Å². The van der Waals surface area contributed by atoms with Gasteiger partial charge >= 0.3 is 6.18 Å². The molecule has 0 atom stereocenters. The maximum Gasteiger partial charge on any atom is 0.417 e. The van der Waals surface area contributed by atoms with Crippen LogP contribution in [0.2, 0.25) is 0 Å². The molecular weight excluding hydrogens is 269 g/mol. The largest absolute Gasteiger partial charge is 0.417 e. The zero-order chi connectivity index (χ0) is 15.3. The number of halogens is 3. The highest BCUT2D eigenvalue weighted by Crippen LogP contribution is 2.33. The molecule has 6 heteroatoms. The predicted molar refractivity (Wildman–Crippen MR) is 70.5 cm³/mol. The summed E-state index contributed by atoms with van der Waals surface area (Å²) in [4.78, 5) is 1.75. The summed E-state index contributed by atoms with van der Waals surface area (Å²) in [5.41, 5.74) is -0.718. The summed E-state index contributed by atoms with van der Waals surface area (Å²) in [7, 11) is 1.74. The number of benzene rings is 1. The molecule has 1 rings (SSSR count). The van der Waals surface area contributed by atoms with Crippen molar-refractivity contribution in [1.82, 2.24) is 0 Å². The van der Waals surface area contributed by atoms with Gasteiger partial charge in [0.15, 0.2) is 0 Å². The van der Waals surface area contributed by atoms with Crippen LogP contribution in [0.1, 0.15) is 25.0 Å². The predicted octanol–water partition coefficient (Wildman–Crippen LogP) is 3.44. The van der Waals surface area contributed by atoms with Crippen LogP contribution in [0, 0.1) is 11.3 Å². The zero-order valence-corrected chi connectivity index (χ0v) is 11.7. The molecule has 0 unspecified atom stereocenters. The van der Waals surface area contributed by atoms with Crippen LogP contribution in [-0.2, 0) is 10.9 Å². The minimum Gasteiger partial charge on any atom is -0.377 e. The van der Waals surface area contributed by atoms with Gasteiger partial charge in [-0.15, -0.1) is 0 Å². The van der Waals surface area contributed by atoms with Crippen molar-refractivity contribution in [2.45, 2.75) is 26.1 Å². The second kappa shape index (κ2) is 6.62. The van der Waals surface area contributed by atoms with Gasteiger partial charge in [-0.25, -0.2) is 0 Å². The molecule has 0 aromatic heterocycles. The van der Waals surface area contributed by atoms with Crippen LogP contribution in [0.25, 0.3) is 0 Å². The molecule has 0 aliphatic heterocycles. The maximum atomic E-state index is 12.7. The van der Waals surface area contributed by atoms with Crippen molar-refractivity contribution in [2.75, 3.05) is 25.1 Å². The van der Waals surface area contributed by atoms with E-state index in [4.69, 9.17) is 10.00 Å². The van der Waals surface area contributed by atoms with Gasteiger partial charge in [0.05, 0.1) is 29.9 Å². The fraction of sp³-hybridized carbons (Fsp3) is 0.500. The number of nitrogens with zero attached hydrogens (tertiary/aromatic N) is 2. The Balaban J connectivity index is 2.85. The molecule has 20 heavy (non-hydrogen) atoms. The van der Waals surface area contributed by atoms with E-state index >= 15 is 0 Å². The fourth-order valence-electron chi connectivity index (χ4n) is 1.66. The average Bonchev–Trinajstić information content (AvgIpc) is 2.36. The number of anilines is 1. The molecule has 0 bridgehead atoms. The summed E-state index contributed by atoms with van der Waals surface area (Å²) in [6.07, 6.45) is -4.41. The lowest BCUT2D eigenvalue weighted by Crippen LogP contribution is -2.24. The molecule has 0 heterocycles. The van der Waals surface area contributed by atoms with Gasteiger partial charge in [0.1, 0.15) is 0 Å². The molecule has 110 valence electrons. The molecule has 0 fully saturated rings. The van der Waals surface area contributed by atoms with Crippen molar-refractivity contribution in [3.05, 3.63) is 29.3 Å². The van der Waals surface area contributed by atoms with E-state index in [-0.39, 0.29) is 11.7 Å². The Bertz CT molecular complexity index is 492. The Morgan fingerprint density at radius 2 is 2.00 bits per heavy atom. The van der Waals surface area contributed by atoms with Crippen LogP contribution in [0.3, 0.4) is 0 Å². The van der Waals surface area contributed by atoms with Crippen molar-refractivity contribution in [1.29, 1.82) is 5.26 Å². The molecule has 0 aliphatic rings. The standard InChI is InChI=1S/C14H17F3N2O/c1-10(2)20-7-6-19(3)12-4-5-13(14(15,16)17)11(8-12)9-18/h4-5,8,10H,6-7H2,1-3H3. The normalized spacial score (nSPS) is 11.5. The Morgan fingerprint density at radius 3 is 2.50 bits per heavy atom. The van der Waals surface area contributed by atoms with E-state index in [1.807, 2.05) is 13.8 Å². The van der Waals surface area contributed by atoms with Gasteiger partial charge in [0, 0.05) is 19.3 Å². The number of rotatable bonds is 5. The molecule has 0 saturated heterocycles. The molecule has 0 radical (unpaired) electrons. The number of hydrogen-bond acceptors (Lipinski definition) is 3. The lowest BCUT2D eigenvalue weighted by molar-refractivity contribution is -0.137. The van der Waals surface area contributed by atoms with E-state index in [0.29, 0.717) is 18.8 Å². The van der Waals surface area contributed by atoms with Crippen LogP contribution in [0.15, 0.2) is 18.2 Å². The highest BCUT2D eigenvalue weighted by atomic mass is 19.4. The number of nitriles is 1. The van der Waals surface area contributed by atoms with E-state index in [1.54, 1.807) is 18.0 Å². The lowest BCUT2D eigenvalue weighted by Gasteiger charge is -2.21. The Kier molecular flexibility index (Phi) is 5.40. The van der Waals surface area contributed by atoms with E-state index in [9.17, 15) is 13.2 Å². The van der Waals surface area contributed by atoms with E-state index in [0.717, 1.165) is 6.07 Å². The molecule has 0 spiro atoms. The summed E-state index contributed by atoms with van der Waals surface area (Å²) in [6, 6.07) is 5.14. The third kappa shape index (κ3) is 4.42. The van der Waals surface area contributed by atoms with Gasteiger partial charge in [-0.3, -0.25) is 0 Å². The highest BCUT2D eigenvalue weighted by Gasteiger charge is 2.33. The lowest BCUT2D eigenvalue weighted by atomic mass is 10.1. The SMILES string of the molecule is CC(C)OCCN(C)c1ccc(C(F)(F)F)c(C#N)c1. The van der Waals surface area contributed by atoms with Gasteiger partial charge in [-0.05, 0) is 32.0 Å². The molecule has 1 aromatic rings. The first-order valence-electron chi connectivity index (χ1n) is 6.19. The van der Waals surface area contributed by atoms with Gasteiger partial charge in [0.25, 0.3) is 0 Å². The fourth-order valence-corrected chi connectivity index (χ4v) is 1.66.